The summed E-state index contributed by atoms with van der Waals surface area (Å²) in [7, 11) is 0. The van der Waals surface area contributed by atoms with Crippen LogP contribution in [-0.4, -0.2) is 64.9 Å². The van der Waals surface area contributed by atoms with Gasteiger partial charge in [0.15, 0.2) is 0 Å². The Hall–Kier alpha value is -3.55. The minimum Gasteiger partial charge on any atom is -0.369 e. The average molecular weight is 574 g/mol. The van der Waals surface area contributed by atoms with E-state index in [-0.39, 0.29) is 11.8 Å². The van der Waals surface area contributed by atoms with E-state index in [2.05, 4.69) is 61.6 Å². The Bertz CT molecular complexity index is 1170. The number of pyridine rings is 1. The Kier molecular flexibility index (Phi) is 13.8. The maximum atomic E-state index is 12.7. The summed E-state index contributed by atoms with van der Waals surface area (Å²) in [5.74, 6) is -0.295. The number of hydrogen-bond donors (Lipinski definition) is 2. The molecule has 0 saturated heterocycles. The molecule has 1 unspecified atom stereocenters. The minimum absolute atomic E-state index is 0.0612. The lowest BCUT2D eigenvalue weighted by Gasteiger charge is -2.36. The number of nitrogens with two attached hydrogens (primary N) is 1. The fourth-order valence-electron chi connectivity index (χ4n) is 5.40. The lowest BCUT2D eigenvalue weighted by Crippen LogP contribution is -2.47. The average Bonchev–Trinajstić information content (AvgIpc) is 2.97. The van der Waals surface area contributed by atoms with Gasteiger partial charge in [0.2, 0.25) is 11.8 Å². The highest BCUT2D eigenvalue weighted by Crippen LogP contribution is 2.35. The number of nitrogens with zero attached hydrogens (tertiary/aromatic N) is 3. The molecule has 7 heteroatoms. The van der Waals surface area contributed by atoms with Crippen LogP contribution in [-0.2, 0) is 15.0 Å². The Morgan fingerprint density at radius 3 is 1.90 bits per heavy atom. The number of aryl methyl sites for hydroxylation is 2. The molecule has 0 radical (unpaired) electrons. The second-order valence-electron chi connectivity index (χ2n) is 11.3. The molecule has 0 aliphatic carbocycles. The molecule has 0 fully saturated rings. The van der Waals surface area contributed by atoms with Crippen LogP contribution >= 0.6 is 0 Å². The van der Waals surface area contributed by atoms with Crippen molar-refractivity contribution in [1.29, 1.82) is 0 Å². The highest BCUT2D eigenvalue weighted by molar-refractivity contribution is 5.93. The molecule has 3 rings (SSSR count). The number of rotatable bonds is 13. The van der Waals surface area contributed by atoms with Gasteiger partial charge in [-0.2, -0.15) is 0 Å². The highest BCUT2D eigenvalue weighted by Gasteiger charge is 2.42. The van der Waals surface area contributed by atoms with E-state index in [0.717, 1.165) is 42.0 Å². The van der Waals surface area contributed by atoms with Gasteiger partial charge < -0.3 is 11.1 Å². The Balaban J connectivity index is 0.000000317. The summed E-state index contributed by atoms with van der Waals surface area (Å²) >= 11 is 0. The van der Waals surface area contributed by atoms with Crippen LogP contribution in [0.15, 0.2) is 72.9 Å². The number of anilines is 1. The van der Waals surface area contributed by atoms with Crippen molar-refractivity contribution in [3.63, 3.8) is 0 Å². The summed E-state index contributed by atoms with van der Waals surface area (Å²) in [6.07, 6.45) is 2.32. The Morgan fingerprint density at radius 1 is 0.857 bits per heavy atom. The zero-order valence-corrected chi connectivity index (χ0v) is 26.9. The number of carbonyl (C=O) groups is 2. The van der Waals surface area contributed by atoms with Crippen LogP contribution in [0.1, 0.15) is 70.3 Å². The summed E-state index contributed by atoms with van der Waals surface area (Å²) < 4.78 is 0. The van der Waals surface area contributed by atoms with Crippen molar-refractivity contribution in [2.75, 3.05) is 31.5 Å². The van der Waals surface area contributed by atoms with E-state index in [1.165, 1.54) is 0 Å². The van der Waals surface area contributed by atoms with Gasteiger partial charge in [-0.15, -0.1) is 0 Å². The van der Waals surface area contributed by atoms with Crippen LogP contribution in [0.4, 0.5) is 5.69 Å². The minimum atomic E-state index is -0.926. The summed E-state index contributed by atoms with van der Waals surface area (Å²) in [5, 5.41) is 3.00. The van der Waals surface area contributed by atoms with Gasteiger partial charge in [0.05, 0.1) is 12.2 Å². The molecule has 3 aromatic rings. The molecule has 228 valence electrons. The molecule has 2 aromatic carbocycles. The number of amides is 2. The molecular weight excluding hydrogens is 522 g/mol. The maximum Gasteiger partial charge on any atom is 0.238 e. The number of para-hydroxylation sites is 1. The Morgan fingerprint density at radius 2 is 1.43 bits per heavy atom. The van der Waals surface area contributed by atoms with E-state index in [1.807, 2.05) is 80.6 Å². The van der Waals surface area contributed by atoms with Crippen molar-refractivity contribution >= 4 is 17.5 Å². The molecule has 1 aromatic heterocycles. The van der Waals surface area contributed by atoms with E-state index in [9.17, 15) is 9.59 Å². The van der Waals surface area contributed by atoms with Gasteiger partial charge in [0.25, 0.3) is 0 Å². The monoisotopic (exact) mass is 573 g/mol. The van der Waals surface area contributed by atoms with Crippen molar-refractivity contribution in [2.45, 2.75) is 79.3 Å². The highest BCUT2D eigenvalue weighted by atomic mass is 16.2. The van der Waals surface area contributed by atoms with Gasteiger partial charge in [-0.05, 0) is 89.9 Å². The molecule has 0 aliphatic heterocycles. The molecular formula is C35H51N5O2. The number of primary amides is 1. The largest absolute Gasteiger partial charge is 0.369 e. The van der Waals surface area contributed by atoms with E-state index in [4.69, 9.17) is 5.73 Å². The quantitative estimate of drug-likeness (QED) is 0.264. The molecule has 0 aliphatic rings. The summed E-state index contributed by atoms with van der Waals surface area (Å²) in [6.45, 7) is 19.9. The van der Waals surface area contributed by atoms with E-state index in [0.29, 0.717) is 30.7 Å². The molecule has 0 saturated carbocycles. The molecule has 0 spiro atoms. The van der Waals surface area contributed by atoms with Crippen molar-refractivity contribution in [3.8, 4) is 0 Å². The van der Waals surface area contributed by atoms with E-state index >= 15 is 0 Å². The number of hydrogen-bond acceptors (Lipinski definition) is 5. The first-order chi connectivity index (χ1) is 20.0. The lowest BCUT2D eigenvalue weighted by molar-refractivity contribution is -0.122. The van der Waals surface area contributed by atoms with E-state index in [1.54, 1.807) is 6.20 Å². The van der Waals surface area contributed by atoms with Gasteiger partial charge in [0, 0.05) is 30.5 Å². The predicted molar refractivity (Wildman–Crippen MR) is 175 cm³/mol. The van der Waals surface area contributed by atoms with Crippen LogP contribution in [0.2, 0.25) is 0 Å². The van der Waals surface area contributed by atoms with Crippen LogP contribution in [0.25, 0.3) is 0 Å². The molecule has 1 heterocycles. The zero-order valence-electron chi connectivity index (χ0n) is 26.9. The second-order valence-corrected chi connectivity index (χ2v) is 11.3. The van der Waals surface area contributed by atoms with Crippen molar-refractivity contribution in [3.05, 3.63) is 95.3 Å². The van der Waals surface area contributed by atoms with Gasteiger partial charge in [-0.25, -0.2) is 0 Å². The third-order valence-corrected chi connectivity index (χ3v) is 7.87. The smallest absolute Gasteiger partial charge is 0.238 e. The van der Waals surface area contributed by atoms with Gasteiger partial charge in [-0.1, -0.05) is 68.4 Å². The number of aromatic nitrogens is 1. The third-order valence-electron chi connectivity index (χ3n) is 7.87. The first-order valence-electron chi connectivity index (χ1n) is 15.1. The SMILES string of the molecule is CC(C)N(CCC(C(N)=O)(c1ccccc1)c1ccccn1)C(C)C.CCN(CC)CC(=O)Nc1c(C)cccc1C. The molecule has 2 amide bonds. The maximum absolute atomic E-state index is 12.7. The number of carbonyl (C=O) groups excluding carboxylic acids is 2. The fourth-order valence-corrected chi connectivity index (χ4v) is 5.40. The second kappa shape index (κ2) is 16.8. The fraction of sp³-hybridized carbons (Fsp3) is 0.457. The third kappa shape index (κ3) is 9.23. The zero-order chi connectivity index (χ0) is 31.3. The van der Waals surface area contributed by atoms with Crippen LogP contribution < -0.4 is 11.1 Å². The molecule has 3 N–H and O–H groups in total. The van der Waals surface area contributed by atoms with Crippen LogP contribution in [0, 0.1) is 13.8 Å². The van der Waals surface area contributed by atoms with Gasteiger partial charge >= 0.3 is 0 Å². The topological polar surface area (TPSA) is 91.6 Å². The van der Waals surface area contributed by atoms with Crippen LogP contribution in [0.3, 0.4) is 0 Å². The first-order valence-corrected chi connectivity index (χ1v) is 15.1. The lowest BCUT2D eigenvalue weighted by atomic mass is 9.73. The molecule has 42 heavy (non-hydrogen) atoms. The van der Waals surface area contributed by atoms with Gasteiger partial charge in [-0.3, -0.25) is 24.4 Å². The van der Waals surface area contributed by atoms with Gasteiger partial charge in [0.1, 0.15) is 5.41 Å². The summed E-state index contributed by atoms with van der Waals surface area (Å²) in [6, 6.07) is 22.2. The molecule has 1 atom stereocenters. The summed E-state index contributed by atoms with van der Waals surface area (Å²) in [4.78, 5) is 33.6. The van der Waals surface area contributed by atoms with Crippen LogP contribution in [0.5, 0.6) is 0 Å². The number of nitrogens with one attached hydrogen (secondary N) is 1. The predicted octanol–water partition coefficient (Wildman–Crippen LogP) is 5.95. The number of likely N-dealkylation sites (N-methyl/N-ethyl adjacent to an activating group) is 1. The Labute approximate surface area is 253 Å². The molecule has 7 nitrogen and oxygen atoms in total. The summed E-state index contributed by atoms with van der Waals surface area (Å²) in [5.41, 5.74) is 9.82. The van der Waals surface area contributed by atoms with Crippen molar-refractivity contribution in [1.82, 2.24) is 14.8 Å². The standard InChI is InChI=1S/C21H29N3O.C14H22N2O/c1-16(2)24(17(3)4)15-13-21(20(22)25,18-10-6-5-7-11-18)19-12-8-9-14-23-19;1-5-16(6-2)10-13(17)15-14-11(3)8-7-9-12(14)4/h5-12,14,16-17H,13,15H2,1-4H3,(H2,22,25);7-9H,5-6,10H2,1-4H3,(H,15,17). The van der Waals surface area contributed by atoms with Crippen molar-refractivity contribution < 1.29 is 9.59 Å². The first kappa shape index (κ1) is 34.7. The normalized spacial score (nSPS) is 12.7. The number of benzene rings is 2. The molecule has 0 bridgehead atoms. The van der Waals surface area contributed by atoms with E-state index < -0.39 is 5.41 Å². The van der Waals surface area contributed by atoms with Crippen molar-refractivity contribution in [2.24, 2.45) is 5.73 Å².